The topological polar surface area (TPSA) is 41.1 Å². The number of halogens is 1. The fraction of sp³-hybridized carbons (Fsp3) is 0.588. The summed E-state index contributed by atoms with van der Waals surface area (Å²) in [5.74, 6) is 1.06. The molecule has 1 aromatic carbocycles. The maximum absolute atomic E-state index is 12.1. The summed E-state index contributed by atoms with van der Waals surface area (Å²) in [4.78, 5) is 12.1. The molecule has 0 aromatic heterocycles. The number of carbonyl (C=O) groups is 1. The van der Waals surface area contributed by atoms with Gasteiger partial charge in [0, 0.05) is 19.1 Å². The Bertz CT molecular complexity index is 447. The van der Waals surface area contributed by atoms with Crippen molar-refractivity contribution in [2.24, 2.45) is 11.8 Å². The summed E-state index contributed by atoms with van der Waals surface area (Å²) in [7, 11) is 0. The molecule has 2 fully saturated rings. The first-order valence-electron chi connectivity index (χ1n) is 7.88. The van der Waals surface area contributed by atoms with Crippen molar-refractivity contribution in [2.45, 2.75) is 38.1 Å². The molecule has 116 valence electrons. The van der Waals surface area contributed by atoms with Gasteiger partial charge in [-0.1, -0.05) is 43.2 Å². The predicted molar refractivity (Wildman–Crippen MR) is 87.6 cm³/mol. The molecule has 1 saturated carbocycles. The van der Waals surface area contributed by atoms with Crippen LogP contribution >= 0.6 is 12.4 Å². The van der Waals surface area contributed by atoms with Crippen LogP contribution in [-0.2, 0) is 11.2 Å². The second-order valence-corrected chi connectivity index (χ2v) is 6.20. The zero-order chi connectivity index (χ0) is 13.8. The molecular formula is C17H25ClN2O. The van der Waals surface area contributed by atoms with Gasteiger partial charge < -0.3 is 10.6 Å². The number of nitrogens with one attached hydrogen (secondary N) is 2. The average molecular weight is 309 g/mol. The van der Waals surface area contributed by atoms with Crippen molar-refractivity contribution >= 4 is 18.3 Å². The minimum atomic E-state index is 0. The molecule has 4 heteroatoms. The molecule has 2 unspecified atom stereocenters. The highest BCUT2D eigenvalue weighted by atomic mass is 35.5. The van der Waals surface area contributed by atoms with E-state index < -0.39 is 0 Å². The summed E-state index contributed by atoms with van der Waals surface area (Å²) in [5.41, 5.74) is 1.39. The molecule has 2 atom stereocenters. The molecule has 0 spiro atoms. The Labute approximate surface area is 133 Å². The standard InChI is InChI=1S/C17H24N2O.ClH/c20-17(15-11-18-12-15)19-16-9-5-4-8-14(16)10-13-6-2-1-3-7-13;/h1-3,6-7,14-16,18H,4-5,8-12H2,(H,19,20);1H. The Balaban J connectivity index is 0.00000161. The molecule has 1 aliphatic carbocycles. The van der Waals surface area contributed by atoms with Gasteiger partial charge in [-0.25, -0.2) is 0 Å². The summed E-state index contributed by atoms with van der Waals surface area (Å²) < 4.78 is 0. The summed E-state index contributed by atoms with van der Waals surface area (Å²) in [5, 5.41) is 6.48. The molecule has 3 nitrogen and oxygen atoms in total. The van der Waals surface area contributed by atoms with Crippen LogP contribution in [0.15, 0.2) is 30.3 Å². The number of carbonyl (C=O) groups excluding carboxylic acids is 1. The lowest BCUT2D eigenvalue weighted by Crippen LogP contribution is -2.54. The SMILES string of the molecule is Cl.O=C(NC1CCCCC1Cc1ccccc1)C1CNC1. The molecule has 1 aromatic rings. The van der Waals surface area contributed by atoms with Crippen LogP contribution in [0.25, 0.3) is 0 Å². The molecular weight excluding hydrogens is 284 g/mol. The molecule has 21 heavy (non-hydrogen) atoms. The highest BCUT2D eigenvalue weighted by Gasteiger charge is 2.31. The van der Waals surface area contributed by atoms with Gasteiger partial charge in [0.15, 0.2) is 0 Å². The molecule has 1 heterocycles. The first kappa shape index (κ1) is 16.3. The minimum Gasteiger partial charge on any atom is -0.353 e. The van der Waals surface area contributed by atoms with Gasteiger partial charge >= 0.3 is 0 Å². The van der Waals surface area contributed by atoms with E-state index >= 15 is 0 Å². The quantitative estimate of drug-likeness (QED) is 0.897. The van der Waals surface area contributed by atoms with Crippen molar-refractivity contribution in [3.05, 3.63) is 35.9 Å². The second kappa shape index (κ2) is 7.81. The third-order valence-corrected chi connectivity index (χ3v) is 4.73. The van der Waals surface area contributed by atoms with Crippen LogP contribution in [0.3, 0.4) is 0 Å². The molecule has 1 saturated heterocycles. The van der Waals surface area contributed by atoms with Crippen LogP contribution in [0.5, 0.6) is 0 Å². The van der Waals surface area contributed by atoms with Crippen LogP contribution in [0.1, 0.15) is 31.2 Å². The molecule has 2 aliphatic rings. The highest BCUT2D eigenvalue weighted by Crippen LogP contribution is 2.28. The van der Waals surface area contributed by atoms with E-state index in [9.17, 15) is 4.79 Å². The lowest BCUT2D eigenvalue weighted by atomic mass is 9.80. The Morgan fingerprint density at radius 3 is 2.52 bits per heavy atom. The van der Waals surface area contributed by atoms with Crippen LogP contribution in [0.4, 0.5) is 0 Å². The van der Waals surface area contributed by atoms with Crippen LogP contribution < -0.4 is 10.6 Å². The van der Waals surface area contributed by atoms with Gasteiger partial charge in [-0.05, 0) is 30.7 Å². The van der Waals surface area contributed by atoms with E-state index in [1.54, 1.807) is 0 Å². The Morgan fingerprint density at radius 2 is 1.86 bits per heavy atom. The first-order valence-corrected chi connectivity index (χ1v) is 7.88. The van der Waals surface area contributed by atoms with Crippen molar-refractivity contribution in [3.8, 4) is 0 Å². The van der Waals surface area contributed by atoms with Crippen LogP contribution in [0.2, 0.25) is 0 Å². The predicted octanol–water partition coefficient (Wildman–Crippen LogP) is 2.55. The van der Waals surface area contributed by atoms with E-state index in [0.29, 0.717) is 12.0 Å². The summed E-state index contributed by atoms with van der Waals surface area (Å²) in [6.45, 7) is 1.70. The first-order chi connectivity index (χ1) is 9.83. The van der Waals surface area contributed by atoms with E-state index in [4.69, 9.17) is 0 Å². The molecule has 0 radical (unpaired) electrons. The zero-order valence-corrected chi connectivity index (χ0v) is 13.2. The number of benzene rings is 1. The third kappa shape index (κ3) is 4.21. The minimum absolute atomic E-state index is 0. The Morgan fingerprint density at radius 1 is 1.14 bits per heavy atom. The van der Waals surface area contributed by atoms with Crippen LogP contribution in [-0.4, -0.2) is 25.0 Å². The van der Waals surface area contributed by atoms with Crippen molar-refractivity contribution in [1.82, 2.24) is 10.6 Å². The van der Waals surface area contributed by atoms with Gasteiger partial charge in [-0.2, -0.15) is 0 Å². The van der Waals surface area contributed by atoms with Gasteiger partial charge in [0.1, 0.15) is 0 Å². The largest absolute Gasteiger partial charge is 0.353 e. The fourth-order valence-corrected chi connectivity index (χ4v) is 3.33. The van der Waals surface area contributed by atoms with Gasteiger partial charge in [0.2, 0.25) is 5.91 Å². The van der Waals surface area contributed by atoms with Gasteiger partial charge in [0.05, 0.1) is 5.92 Å². The van der Waals surface area contributed by atoms with E-state index in [1.165, 1.54) is 24.8 Å². The number of amides is 1. The Hall–Kier alpha value is -1.06. The maximum atomic E-state index is 12.1. The summed E-state index contributed by atoms with van der Waals surface area (Å²) >= 11 is 0. The van der Waals surface area contributed by atoms with E-state index in [0.717, 1.165) is 25.9 Å². The summed E-state index contributed by atoms with van der Waals surface area (Å²) in [6, 6.07) is 11.0. The molecule has 2 N–H and O–H groups in total. The third-order valence-electron chi connectivity index (χ3n) is 4.73. The maximum Gasteiger partial charge on any atom is 0.225 e. The molecule has 1 aliphatic heterocycles. The monoisotopic (exact) mass is 308 g/mol. The van der Waals surface area contributed by atoms with E-state index in [-0.39, 0.29) is 24.2 Å². The van der Waals surface area contributed by atoms with Crippen molar-refractivity contribution in [2.75, 3.05) is 13.1 Å². The Kier molecular flexibility index (Phi) is 6.07. The highest BCUT2D eigenvalue weighted by molar-refractivity contribution is 5.85. The van der Waals surface area contributed by atoms with Gasteiger partial charge in [-0.3, -0.25) is 4.79 Å². The lowest BCUT2D eigenvalue weighted by molar-refractivity contribution is -0.127. The molecule has 1 amide bonds. The number of rotatable bonds is 4. The molecule has 3 rings (SSSR count). The number of hydrogen-bond donors (Lipinski definition) is 2. The second-order valence-electron chi connectivity index (χ2n) is 6.20. The van der Waals surface area contributed by atoms with Crippen molar-refractivity contribution in [1.29, 1.82) is 0 Å². The lowest BCUT2D eigenvalue weighted by Gasteiger charge is -2.35. The van der Waals surface area contributed by atoms with E-state index in [2.05, 4.69) is 41.0 Å². The van der Waals surface area contributed by atoms with Crippen LogP contribution in [0, 0.1) is 11.8 Å². The number of hydrogen-bond acceptors (Lipinski definition) is 2. The van der Waals surface area contributed by atoms with E-state index in [1.807, 2.05) is 0 Å². The molecule has 0 bridgehead atoms. The van der Waals surface area contributed by atoms with Gasteiger partial charge in [-0.15, -0.1) is 12.4 Å². The fourth-order valence-electron chi connectivity index (χ4n) is 3.33. The van der Waals surface area contributed by atoms with Crippen molar-refractivity contribution in [3.63, 3.8) is 0 Å². The average Bonchev–Trinajstić information content (AvgIpc) is 2.40. The zero-order valence-electron chi connectivity index (χ0n) is 12.4. The van der Waals surface area contributed by atoms with Crippen molar-refractivity contribution < 1.29 is 4.79 Å². The smallest absolute Gasteiger partial charge is 0.225 e. The normalized spacial score (nSPS) is 25.5. The summed E-state index contributed by atoms with van der Waals surface area (Å²) in [6.07, 6.45) is 6.02. The van der Waals surface area contributed by atoms with Gasteiger partial charge in [0.25, 0.3) is 0 Å².